The Kier molecular flexibility index (Phi) is 9.44. The average molecular weight is 523 g/mol. The van der Waals surface area contributed by atoms with Crippen molar-refractivity contribution >= 4 is 29.9 Å². The third-order valence-corrected chi connectivity index (χ3v) is 4.60. The smallest absolute Gasteiger partial charge is 0.357 e. The molecule has 1 aromatic heterocycles. The van der Waals surface area contributed by atoms with E-state index in [0.717, 1.165) is 35.5 Å². The van der Waals surface area contributed by atoms with E-state index < -0.39 is 11.7 Å². The second-order valence-corrected chi connectivity index (χ2v) is 6.91. The zero-order valence-electron chi connectivity index (χ0n) is 17.4. The predicted molar refractivity (Wildman–Crippen MR) is 121 cm³/mol. The van der Waals surface area contributed by atoms with Crippen molar-refractivity contribution in [2.24, 2.45) is 12.0 Å². The van der Waals surface area contributed by atoms with Crippen molar-refractivity contribution in [3.05, 3.63) is 52.3 Å². The molecule has 162 valence electrons. The van der Waals surface area contributed by atoms with Crippen LogP contribution >= 0.6 is 24.0 Å². The molecular weight excluding hydrogens is 494 g/mol. The predicted octanol–water partition coefficient (Wildman–Crippen LogP) is 4.36. The van der Waals surface area contributed by atoms with Crippen LogP contribution in [0.3, 0.4) is 0 Å². The molecule has 5 nitrogen and oxygen atoms in total. The van der Waals surface area contributed by atoms with E-state index in [1.54, 1.807) is 0 Å². The topological polar surface area (TPSA) is 54.2 Å². The number of hydrogen-bond donors (Lipinski definition) is 2. The van der Waals surface area contributed by atoms with Gasteiger partial charge in [-0.05, 0) is 57.4 Å². The monoisotopic (exact) mass is 523 g/mol. The summed E-state index contributed by atoms with van der Waals surface area (Å²) in [5.74, 6) is 0.633. The lowest BCUT2D eigenvalue weighted by molar-refractivity contribution is -0.137. The third kappa shape index (κ3) is 7.20. The molecule has 0 radical (unpaired) electrons. The first-order valence-corrected chi connectivity index (χ1v) is 9.31. The fourth-order valence-corrected chi connectivity index (χ4v) is 2.99. The van der Waals surface area contributed by atoms with E-state index >= 15 is 0 Å². The molecule has 0 spiro atoms. The molecule has 1 aromatic carbocycles. The maximum atomic E-state index is 12.7. The van der Waals surface area contributed by atoms with E-state index in [0.29, 0.717) is 19.0 Å². The van der Waals surface area contributed by atoms with Crippen LogP contribution in [0.1, 0.15) is 41.9 Å². The summed E-state index contributed by atoms with van der Waals surface area (Å²) in [6, 6.07) is 5.21. The fraction of sp³-hybridized carbons (Fsp3) is 0.500. The second-order valence-electron chi connectivity index (χ2n) is 6.91. The lowest BCUT2D eigenvalue weighted by Gasteiger charge is -2.18. The molecule has 0 fully saturated rings. The number of nitrogens with one attached hydrogen (secondary N) is 2. The van der Waals surface area contributed by atoms with Crippen molar-refractivity contribution in [1.29, 1.82) is 0 Å². The van der Waals surface area contributed by atoms with Crippen LogP contribution in [0.15, 0.2) is 29.3 Å². The normalized spacial score (nSPS) is 13.0. The van der Waals surface area contributed by atoms with Gasteiger partial charge in [0.1, 0.15) is 0 Å². The first kappa shape index (κ1) is 25.3. The van der Waals surface area contributed by atoms with E-state index in [-0.39, 0.29) is 30.0 Å². The third-order valence-electron chi connectivity index (χ3n) is 4.60. The van der Waals surface area contributed by atoms with Gasteiger partial charge in [-0.15, -0.1) is 24.0 Å². The van der Waals surface area contributed by atoms with Gasteiger partial charge < -0.3 is 10.6 Å². The number of rotatable bonds is 6. The highest BCUT2D eigenvalue weighted by atomic mass is 127. The van der Waals surface area contributed by atoms with Crippen LogP contribution in [0.4, 0.5) is 13.2 Å². The van der Waals surface area contributed by atoms with Gasteiger partial charge in [-0.3, -0.25) is 4.68 Å². The second kappa shape index (κ2) is 10.8. The van der Waals surface area contributed by atoms with Crippen LogP contribution in [0, 0.1) is 13.8 Å². The Bertz CT molecular complexity index is 813. The maximum Gasteiger partial charge on any atom is 0.416 e. The largest absolute Gasteiger partial charge is 0.416 e. The van der Waals surface area contributed by atoms with E-state index in [9.17, 15) is 13.2 Å². The van der Waals surface area contributed by atoms with Crippen molar-refractivity contribution in [3.8, 4) is 0 Å². The van der Waals surface area contributed by atoms with Crippen molar-refractivity contribution < 1.29 is 13.2 Å². The number of alkyl halides is 3. The van der Waals surface area contributed by atoms with Crippen LogP contribution in [-0.4, -0.2) is 28.3 Å². The Hall–Kier alpha value is -1.78. The molecule has 0 aliphatic carbocycles. The lowest BCUT2D eigenvalue weighted by Crippen LogP contribution is -2.43. The fourth-order valence-electron chi connectivity index (χ4n) is 2.99. The van der Waals surface area contributed by atoms with E-state index in [1.807, 2.05) is 32.5 Å². The van der Waals surface area contributed by atoms with Gasteiger partial charge in [-0.2, -0.15) is 18.3 Å². The molecule has 2 rings (SSSR count). The Morgan fingerprint density at radius 1 is 1.21 bits per heavy atom. The van der Waals surface area contributed by atoms with Gasteiger partial charge in [-0.25, -0.2) is 4.99 Å². The molecular formula is C20H29F3IN5. The summed E-state index contributed by atoms with van der Waals surface area (Å²) in [5.41, 5.74) is 3.43. The van der Waals surface area contributed by atoms with E-state index in [1.165, 1.54) is 17.7 Å². The highest BCUT2D eigenvalue weighted by Crippen LogP contribution is 2.29. The Morgan fingerprint density at radius 3 is 2.31 bits per heavy atom. The highest BCUT2D eigenvalue weighted by molar-refractivity contribution is 14.0. The summed E-state index contributed by atoms with van der Waals surface area (Å²) in [6.07, 6.45) is -3.52. The number of aromatic nitrogens is 2. The molecule has 0 aliphatic rings. The van der Waals surface area contributed by atoms with Crippen LogP contribution in [-0.2, 0) is 26.2 Å². The first-order chi connectivity index (χ1) is 13.1. The van der Waals surface area contributed by atoms with Crippen LogP contribution < -0.4 is 10.6 Å². The Labute approximate surface area is 187 Å². The summed E-state index contributed by atoms with van der Waals surface area (Å²) >= 11 is 0. The van der Waals surface area contributed by atoms with Crippen molar-refractivity contribution in [2.45, 2.75) is 52.9 Å². The summed E-state index contributed by atoms with van der Waals surface area (Å²) < 4.78 is 39.9. The van der Waals surface area contributed by atoms with Gasteiger partial charge in [0.15, 0.2) is 5.96 Å². The van der Waals surface area contributed by atoms with Gasteiger partial charge in [0, 0.05) is 25.3 Å². The molecule has 2 N–H and O–H groups in total. The molecule has 0 saturated heterocycles. The molecule has 1 atom stereocenters. The average Bonchev–Trinajstić information content (AvgIpc) is 2.85. The minimum Gasteiger partial charge on any atom is -0.357 e. The van der Waals surface area contributed by atoms with Crippen molar-refractivity contribution in [1.82, 2.24) is 20.4 Å². The number of nitrogens with zero attached hydrogens (tertiary/aromatic N) is 3. The molecule has 9 heteroatoms. The Morgan fingerprint density at radius 2 is 1.83 bits per heavy atom. The number of guanidine groups is 1. The quantitative estimate of drug-likeness (QED) is 0.336. The molecule has 0 amide bonds. The Balaban J connectivity index is 0.00000420. The summed E-state index contributed by atoms with van der Waals surface area (Å²) in [5, 5.41) is 11.0. The summed E-state index contributed by atoms with van der Waals surface area (Å²) in [4.78, 5) is 4.50. The molecule has 29 heavy (non-hydrogen) atoms. The molecule has 1 unspecified atom stereocenters. The SMILES string of the molecule is CCNC(=NCc1ccc(C(F)(F)F)cc1)NC(C)Cc1c(C)nn(C)c1C.I. The number of aliphatic imine (C=N–C) groups is 1. The van der Waals surface area contributed by atoms with Crippen molar-refractivity contribution in [3.63, 3.8) is 0 Å². The zero-order valence-corrected chi connectivity index (χ0v) is 19.7. The first-order valence-electron chi connectivity index (χ1n) is 9.31. The minimum atomic E-state index is -4.32. The zero-order chi connectivity index (χ0) is 20.9. The molecule has 0 saturated carbocycles. The number of benzene rings is 1. The molecule has 0 aliphatic heterocycles. The maximum absolute atomic E-state index is 12.7. The lowest BCUT2D eigenvalue weighted by atomic mass is 10.1. The van der Waals surface area contributed by atoms with Gasteiger partial charge >= 0.3 is 6.18 Å². The number of hydrogen-bond acceptors (Lipinski definition) is 2. The molecule has 0 bridgehead atoms. The van der Waals surface area contributed by atoms with Gasteiger partial charge in [-0.1, -0.05) is 12.1 Å². The van der Waals surface area contributed by atoms with E-state index in [4.69, 9.17) is 0 Å². The standard InChI is InChI=1S/C20H28F3N5.HI/c1-6-24-19(25-12-16-7-9-17(10-8-16)20(21,22)23)26-13(2)11-18-14(3)27-28(5)15(18)4;/h7-10,13H,6,11-12H2,1-5H3,(H2,24,25,26);1H. The number of halogens is 4. The summed E-state index contributed by atoms with van der Waals surface area (Å²) in [7, 11) is 1.93. The van der Waals surface area contributed by atoms with Gasteiger partial charge in [0.25, 0.3) is 0 Å². The van der Waals surface area contributed by atoms with Crippen LogP contribution in [0.25, 0.3) is 0 Å². The van der Waals surface area contributed by atoms with Crippen LogP contribution in [0.2, 0.25) is 0 Å². The van der Waals surface area contributed by atoms with Crippen molar-refractivity contribution in [2.75, 3.05) is 6.54 Å². The summed E-state index contributed by atoms with van der Waals surface area (Å²) in [6.45, 7) is 9.07. The van der Waals surface area contributed by atoms with Crippen LogP contribution in [0.5, 0.6) is 0 Å². The minimum absolute atomic E-state index is 0. The number of aryl methyl sites for hydroxylation is 2. The van der Waals surface area contributed by atoms with E-state index in [2.05, 4.69) is 27.6 Å². The van der Waals surface area contributed by atoms with Gasteiger partial charge in [0.2, 0.25) is 0 Å². The molecule has 2 aromatic rings. The van der Waals surface area contributed by atoms with Gasteiger partial charge in [0.05, 0.1) is 17.8 Å². The molecule has 1 heterocycles. The highest BCUT2D eigenvalue weighted by Gasteiger charge is 2.29.